The molecule has 1 amide bonds. The average molecular weight is 381 g/mol. The molecule has 0 atom stereocenters. The van der Waals surface area contributed by atoms with E-state index in [9.17, 15) is 9.59 Å². The maximum Gasteiger partial charge on any atom is 0.305 e. The first kappa shape index (κ1) is 19.5. The molecule has 2 aromatic heterocycles. The van der Waals surface area contributed by atoms with Gasteiger partial charge in [-0.25, -0.2) is 4.68 Å². The Kier molecular flexibility index (Phi) is 5.67. The summed E-state index contributed by atoms with van der Waals surface area (Å²) in [5.74, 6) is -1.05. The van der Waals surface area contributed by atoms with E-state index in [1.165, 1.54) is 4.90 Å². The van der Waals surface area contributed by atoms with Gasteiger partial charge in [-0.1, -0.05) is 37.3 Å². The lowest BCUT2D eigenvalue weighted by molar-refractivity contribution is -0.137. The smallest absolute Gasteiger partial charge is 0.305 e. The number of pyridine rings is 1. The van der Waals surface area contributed by atoms with Crippen LogP contribution in [0.25, 0.3) is 16.6 Å². The van der Waals surface area contributed by atoms with Gasteiger partial charge in [0.2, 0.25) is 0 Å². The number of carboxylic acids is 1. The van der Waals surface area contributed by atoms with Crippen molar-refractivity contribution in [3.05, 3.63) is 47.9 Å². The predicted molar refractivity (Wildman–Crippen MR) is 104 cm³/mol. The highest BCUT2D eigenvalue weighted by Crippen LogP contribution is 2.22. The minimum absolute atomic E-state index is 0.112. The fourth-order valence-electron chi connectivity index (χ4n) is 3.11. The molecule has 0 radical (unpaired) electrons. The zero-order chi connectivity index (χ0) is 20.3. The minimum atomic E-state index is -0.941. The lowest BCUT2D eigenvalue weighted by Gasteiger charge is -2.23. The summed E-state index contributed by atoms with van der Waals surface area (Å²) in [6, 6.07) is 9.56. The first-order chi connectivity index (χ1) is 13.4. The molecule has 8 nitrogen and oxygen atoms in total. The van der Waals surface area contributed by atoms with Crippen molar-refractivity contribution in [2.24, 2.45) is 5.92 Å². The molecule has 8 heteroatoms. The van der Waals surface area contributed by atoms with Crippen LogP contribution in [0.15, 0.2) is 36.5 Å². The number of para-hydroxylation sites is 1. The number of rotatable bonds is 7. The largest absolute Gasteiger partial charge is 0.481 e. The number of aliphatic carboxylic acids is 1. The molecule has 1 N–H and O–H groups in total. The van der Waals surface area contributed by atoms with Crippen molar-refractivity contribution in [1.29, 1.82) is 0 Å². The van der Waals surface area contributed by atoms with Crippen molar-refractivity contribution in [2.75, 3.05) is 13.1 Å². The second kappa shape index (κ2) is 8.16. The highest BCUT2D eigenvalue weighted by atomic mass is 16.4. The van der Waals surface area contributed by atoms with Crippen molar-refractivity contribution < 1.29 is 14.7 Å². The second-order valence-electron chi connectivity index (χ2n) is 7.08. The molecule has 0 aliphatic rings. The Bertz CT molecular complexity index is 1010. The van der Waals surface area contributed by atoms with Gasteiger partial charge in [-0.05, 0) is 25.0 Å². The molecule has 0 bridgehead atoms. The van der Waals surface area contributed by atoms with Crippen LogP contribution < -0.4 is 0 Å². The number of amides is 1. The van der Waals surface area contributed by atoms with Crippen LogP contribution >= 0.6 is 0 Å². The molecule has 1 aromatic carbocycles. The number of carbonyl (C=O) groups excluding carboxylic acids is 1. The van der Waals surface area contributed by atoms with Gasteiger partial charge >= 0.3 is 5.97 Å². The maximum atomic E-state index is 13.0. The van der Waals surface area contributed by atoms with E-state index in [4.69, 9.17) is 5.11 Å². The second-order valence-corrected chi connectivity index (χ2v) is 7.08. The lowest BCUT2D eigenvalue weighted by Crippen LogP contribution is -2.36. The zero-order valence-electron chi connectivity index (χ0n) is 16.2. The van der Waals surface area contributed by atoms with Crippen LogP contribution in [-0.4, -0.2) is 55.0 Å². The highest BCUT2D eigenvalue weighted by Gasteiger charge is 2.24. The van der Waals surface area contributed by atoms with Crippen molar-refractivity contribution >= 4 is 22.8 Å². The minimum Gasteiger partial charge on any atom is -0.481 e. The maximum absolute atomic E-state index is 13.0. The van der Waals surface area contributed by atoms with E-state index < -0.39 is 5.97 Å². The summed E-state index contributed by atoms with van der Waals surface area (Å²) in [5, 5.41) is 18.2. The molecule has 146 valence electrons. The Hall–Kier alpha value is -3.29. The number of aromatic nitrogens is 4. The zero-order valence-corrected chi connectivity index (χ0v) is 16.2. The summed E-state index contributed by atoms with van der Waals surface area (Å²) < 4.78 is 1.60. The van der Waals surface area contributed by atoms with Gasteiger partial charge in [-0.15, -0.1) is 5.10 Å². The third-order valence-electron chi connectivity index (χ3n) is 4.41. The third kappa shape index (κ3) is 4.00. The topological polar surface area (TPSA) is 101 Å². The van der Waals surface area contributed by atoms with Gasteiger partial charge in [0.15, 0.2) is 5.69 Å². The van der Waals surface area contributed by atoms with E-state index in [1.807, 2.05) is 44.2 Å². The van der Waals surface area contributed by atoms with Gasteiger partial charge in [0.05, 0.1) is 23.3 Å². The molecule has 28 heavy (non-hydrogen) atoms. The molecule has 0 saturated carbocycles. The number of carboxylic acid groups (broad SMARTS) is 1. The average Bonchev–Trinajstić information content (AvgIpc) is 3.05. The number of nitrogens with zero attached hydrogens (tertiary/aromatic N) is 5. The Balaban J connectivity index is 1.96. The highest BCUT2D eigenvalue weighted by molar-refractivity contribution is 5.94. The molecular weight excluding hydrogens is 358 g/mol. The van der Waals surface area contributed by atoms with Crippen molar-refractivity contribution in [1.82, 2.24) is 24.9 Å². The van der Waals surface area contributed by atoms with Crippen molar-refractivity contribution in [3.8, 4) is 5.69 Å². The predicted octanol–water partition coefficient (Wildman–Crippen LogP) is 2.70. The van der Waals surface area contributed by atoms with Gasteiger partial charge in [0.25, 0.3) is 5.91 Å². The number of carbonyl (C=O) groups is 2. The van der Waals surface area contributed by atoms with Crippen molar-refractivity contribution in [2.45, 2.75) is 27.2 Å². The molecule has 0 aliphatic heterocycles. The van der Waals surface area contributed by atoms with Crippen molar-refractivity contribution in [3.63, 3.8) is 0 Å². The van der Waals surface area contributed by atoms with E-state index in [-0.39, 0.29) is 30.5 Å². The summed E-state index contributed by atoms with van der Waals surface area (Å²) in [5.41, 5.74) is 2.32. The Morgan fingerprint density at radius 3 is 2.68 bits per heavy atom. The van der Waals surface area contributed by atoms with E-state index in [2.05, 4.69) is 15.3 Å². The lowest BCUT2D eigenvalue weighted by atomic mass is 10.1. The van der Waals surface area contributed by atoms with E-state index >= 15 is 0 Å². The van der Waals surface area contributed by atoms with Gasteiger partial charge < -0.3 is 10.0 Å². The molecule has 0 unspecified atom stereocenters. The fourth-order valence-corrected chi connectivity index (χ4v) is 3.11. The van der Waals surface area contributed by atoms with Crippen LogP contribution in [0.3, 0.4) is 0 Å². The normalized spacial score (nSPS) is 11.1. The van der Waals surface area contributed by atoms with Crippen LogP contribution in [0.5, 0.6) is 0 Å². The molecule has 0 saturated heterocycles. The summed E-state index contributed by atoms with van der Waals surface area (Å²) >= 11 is 0. The van der Waals surface area contributed by atoms with E-state index in [0.717, 1.165) is 16.6 Å². The number of fused-ring (bicyclic) bond motifs is 1. The van der Waals surface area contributed by atoms with Gasteiger partial charge in [-0.3, -0.25) is 14.6 Å². The summed E-state index contributed by atoms with van der Waals surface area (Å²) in [7, 11) is 0. The Morgan fingerprint density at radius 1 is 1.21 bits per heavy atom. The van der Waals surface area contributed by atoms with E-state index in [0.29, 0.717) is 12.2 Å². The van der Waals surface area contributed by atoms with Crippen LogP contribution in [0.2, 0.25) is 0 Å². The molecular formula is C20H23N5O3. The quantitative estimate of drug-likeness (QED) is 0.675. The Labute approximate surface area is 162 Å². The first-order valence-corrected chi connectivity index (χ1v) is 9.16. The van der Waals surface area contributed by atoms with Crippen LogP contribution in [0, 0.1) is 12.8 Å². The standard InChI is InChI=1S/C20H23N5O3/c1-13(2)12-24(11-9-17(26)27)20(28)18-14(3)25(23-22-18)16-8-4-6-15-7-5-10-21-19(15)16/h4-8,10,13H,9,11-12H2,1-3H3,(H,26,27). The molecule has 0 aliphatic carbocycles. The van der Waals surface area contributed by atoms with Crippen LogP contribution in [-0.2, 0) is 4.79 Å². The SMILES string of the molecule is Cc1c(C(=O)N(CCC(=O)O)CC(C)C)nnn1-c1cccc2cccnc12. The molecule has 3 rings (SSSR count). The van der Waals surface area contributed by atoms with Gasteiger partial charge in [-0.2, -0.15) is 0 Å². The third-order valence-corrected chi connectivity index (χ3v) is 4.41. The first-order valence-electron chi connectivity index (χ1n) is 9.16. The van der Waals surface area contributed by atoms with Crippen LogP contribution in [0.4, 0.5) is 0 Å². The fraction of sp³-hybridized carbons (Fsp3) is 0.350. The molecule has 3 aromatic rings. The molecule has 2 heterocycles. The van der Waals surface area contributed by atoms with E-state index in [1.54, 1.807) is 17.8 Å². The van der Waals surface area contributed by atoms with Gasteiger partial charge in [0.1, 0.15) is 0 Å². The summed E-state index contributed by atoms with van der Waals surface area (Å²) in [4.78, 5) is 29.9. The molecule has 0 fully saturated rings. The van der Waals surface area contributed by atoms with Gasteiger partial charge in [0, 0.05) is 24.7 Å². The van der Waals surface area contributed by atoms with Crippen LogP contribution in [0.1, 0.15) is 36.5 Å². The number of hydrogen-bond acceptors (Lipinski definition) is 5. The summed E-state index contributed by atoms with van der Waals surface area (Å²) in [6.07, 6.45) is 1.60. The summed E-state index contributed by atoms with van der Waals surface area (Å²) in [6.45, 7) is 6.32. The Morgan fingerprint density at radius 2 is 1.96 bits per heavy atom. The number of benzene rings is 1. The number of hydrogen-bond donors (Lipinski definition) is 1. The molecule has 0 spiro atoms. The monoisotopic (exact) mass is 381 g/mol.